The van der Waals surface area contributed by atoms with Crippen molar-refractivity contribution in [3.8, 4) is 11.5 Å². The van der Waals surface area contributed by atoms with Gasteiger partial charge in [-0.05, 0) is 41.6 Å². The first-order valence-corrected chi connectivity index (χ1v) is 9.44. The molecule has 148 valence electrons. The first kappa shape index (κ1) is 19.6. The number of benzene rings is 2. The summed E-state index contributed by atoms with van der Waals surface area (Å²) in [6, 6.07) is 16.5. The fraction of sp³-hybridized carbons (Fsp3) is 0.318. The van der Waals surface area contributed by atoms with Crippen molar-refractivity contribution in [2.24, 2.45) is 4.99 Å². The molecule has 2 N–H and O–H groups in total. The van der Waals surface area contributed by atoms with Gasteiger partial charge in [0.1, 0.15) is 0 Å². The fourth-order valence-electron chi connectivity index (χ4n) is 3.19. The lowest BCUT2D eigenvalue weighted by atomic mass is 10.2. The molecule has 2 aromatic carbocycles. The molecule has 3 aromatic rings. The van der Waals surface area contributed by atoms with Gasteiger partial charge in [0, 0.05) is 38.4 Å². The van der Waals surface area contributed by atoms with E-state index in [0.717, 1.165) is 42.5 Å². The normalized spacial score (nSPS) is 11.5. The molecule has 0 atom stereocenters. The molecule has 0 amide bonds. The van der Waals surface area contributed by atoms with Crippen LogP contribution in [0.25, 0.3) is 10.9 Å². The first-order valence-electron chi connectivity index (χ1n) is 9.44. The van der Waals surface area contributed by atoms with E-state index in [1.54, 1.807) is 21.3 Å². The number of hydrogen-bond donors (Lipinski definition) is 2. The molecule has 6 heteroatoms. The van der Waals surface area contributed by atoms with E-state index in [-0.39, 0.29) is 0 Å². The van der Waals surface area contributed by atoms with Crippen LogP contribution < -0.4 is 20.1 Å². The Morgan fingerprint density at radius 3 is 2.61 bits per heavy atom. The Balaban J connectivity index is 1.46. The lowest BCUT2D eigenvalue weighted by Crippen LogP contribution is -2.37. The summed E-state index contributed by atoms with van der Waals surface area (Å²) in [5.74, 6) is 2.24. The van der Waals surface area contributed by atoms with Crippen LogP contribution in [0.3, 0.4) is 0 Å². The Bertz CT molecular complexity index is 933. The summed E-state index contributed by atoms with van der Waals surface area (Å²) in [6.07, 6.45) is 3.16. The maximum atomic E-state index is 5.35. The minimum atomic E-state index is 0.655. The number of aryl methyl sites for hydroxylation is 1. The van der Waals surface area contributed by atoms with Crippen LogP contribution in [0.4, 0.5) is 0 Å². The maximum Gasteiger partial charge on any atom is 0.191 e. The lowest BCUT2D eigenvalue weighted by Gasteiger charge is -2.14. The van der Waals surface area contributed by atoms with Crippen LogP contribution in [0.1, 0.15) is 12.0 Å². The Kier molecular flexibility index (Phi) is 6.78. The van der Waals surface area contributed by atoms with Crippen molar-refractivity contribution >= 4 is 16.9 Å². The van der Waals surface area contributed by atoms with Gasteiger partial charge >= 0.3 is 0 Å². The van der Waals surface area contributed by atoms with Gasteiger partial charge in [-0.2, -0.15) is 0 Å². The number of rotatable bonds is 8. The van der Waals surface area contributed by atoms with Crippen LogP contribution in [-0.4, -0.2) is 38.3 Å². The number of methoxy groups -OCH3 is 2. The number of para-hydroxylation sites is 1. The van der Waals surface area contributed by atoms with Crippen LogP contribution >= 0.6 is 0 Å². The molecule has 0 saturated heterocycles. The Morgan fingerprint density at radius 2 is 1.82 bits per heavy atom. The van der Waals surface area contributed by atoms with Crippen LogP contribution in [-0.2, 0) is 13.1 Å². The predicted molar refractivity (Wildman–Crippen MR) is 114 cm³/mol. The smallest absolute Gasteiger partial charge is 0.191 e. The molecule has 6 nitrogen and oxygen atoms in total. The zero-order chi connectivity index (χ0) is 19.8. The third-order valence-corrected chi connectivity index (χ3v) is 4.68. The number of hydrogen-bond acceptors (Lipinski definition) is 3. The van der Waals surface area contributed by atoms with Gasteiger partial charge in [-0.3, -0.25) is 4.99 Å². The first-order chi connectivity index (χ1) is 13.7. The van der Waals surface area contributed by atoms with Gasteiger partial charge in [0.2, 0.25) is 0 Å². The number of fused-ring (bicyclic) bond motifs is 1. The highest BCUT2D eigenvalue weighted by atomic mass is 16.5. The second-order valence-electron chi connectivity index (χ2n) is 6.46. The van der Waals surface area contributed by atoms with Crippen LogP contribution in [0, 0.1) is 0 Å². The molecule has 0 spiro atoms. The summed E-state index contributed by atoms with van der Waals surface area (Å²) in [5.41, 5.74) is 2.37. The highest BCUT2D eigenvalue weighted by molar-refractivity contribution is 5.80. The van der Waals surface area contributed by atoms with E-state index in [1.165, 1.54) is 10.9 Å². The Morgan fingerprint density at radius 1 is 1.00 bits per heavy atom. The minimum absolute atomic E-state index is 0.655. The summed E-state index contributed by atoms with van der Waals surface area (Å²) in [7, 11) is 5.06. The lowest BCUT2D eigenvalue weighted by molar-refractivity contribution is 0.354. The number of ether oxygens (including phenoxy) is 2. The molecule has 0 saturated carbocycles. The van der Waals surface area contributed by atoms with E-state index in [1.807, 2.05) is 18.2 Å². The zero-order valence-corrected chi connectivity index (χ0v) is 16.7. The molecule has 0 bridgehead atoms. The van der Waals surface area contributed by atoms with E-state index in [4.69, 9.17) is 9.47 Å². The third kappa shape index (κ3) is 4.76. The largest absolute Gasteiger partial charge is 0.493 e. The van der Waals surface area contributed by atoms with Crippen molar-refractivity contribution in [3.05, 3.63) is 60.3 Å². The summed E-state index contributed by atoms with van der Waals surface area (Å²) < 4.78 is 12.9. The van der Waals surface area contributed by atoms with Crippen molar-refractivity contribution < 1.29 is 9.47 Å². The Hall–Kier alpha value is -3.15. The summed E-state index contributed by atoms with van der Waals surface area (Å²) in [4.78, 5) is 4.30. The molecule has 0 aliphatic carbocycles. The van der Waals surface area contributed by atoms with Crippen molar-refractivity contribution in [3.63, 3.8) is 0 Å². The number of aliphatic imine (C=N–C) groups is 1. The summed E-state index contributed by atoms with van der Waals surface area (Å²) >= 11 is 0. The number of nitrogens with one attached hydrogen (secondary N) is 2. The molecule has 0 aliphatic heterocycles. The number of nitrogens with zero attached hydrogens (tertiary/aromatic N) is 2. The molecular weight excluding hydrogens is 352 g/mol. The number of aromatic nitrogens is 1. The summed E-state index contributed by atoms with van der Waals surface area (Å²) in [5, 5.41) is 7.98. The van der Waals surface area contributed by atoms with Crippen LogP contribution in [0.2, 0.25) is 0 Å². The molecule has 3 rings (SSSR count). The molecule has 0 fully saturated rings. The molecule has 0 unspecified atom stereocenters. The molecule has 0 aliphatic rings. The van der Waals surface area contributed by atoms with Crippen molar-refractivity contribution in [1.82, 2.24) is 15.2 Å². The standard InChI is InChI=1S/C22H28N4O2/c1-23-22(25-16-17-9-10-20(27-2)21(15-17)28-3)24-12-6-13-26-14-11-18-7-4-5-8-19(18)26/h4-5,7-11,14-15H,6,12-13,16H2,1-3H3,(H2,23,24,25). The van der Waals surface area contributed by atoms with E-state index >= 15 is 0 Å². The second-order valence-corrected chi connectivity index (χ2v) is 6.46. The van der Waals surface area contributed by atoms with Gasteiger partial charge in [-0.15, -0.1) is 0 Å². The predicted octanol–water partition coefficient (Wildman–Crippen LogP) is 3.41. The Labute approximate surface area is 166 Å². The van der Waals surface area contributed by atoms with E-state index < -0.39 is 0 Å². The summed E-state index contributed by atoms with van der Waals surface area (Å²) in [6.45, 7) is 2.47. The molecule has 1 heterocycles. The van der Waals surface area contributed by atoms with Gasteiger partial charge in [-0.25, -0.2) is 0 Å². The molecular formula is C22H28N4O2. The highest BCUT2D eigenvalue weighted by Crippen LogP contribution is 2.27. The quantitative estimate of drug-likeness (QED) is 0.357. The van der Waals surface area contributed by atoms with Crippen LogP contribution in [0.5, 0.6) is 11.5 Å². The average Bonchev–Trinajstić information content (AvgIpc) is 3.16. The number of guanidine groups is 1. The van der Waals surface area contributed by atoms with Crippen molar-refractivity contribution in [2.75, 3.05) is 27.8 Å². The maximum absolute atomic E-state index is 5.35. The van der Waals surface area contributed by atoms with Crippen molar-refractivity contribution in [1.29, 1.82) is 0 Å². The van der Waals surface area contributed by atoms with Crippen LogP contribution in [0.15, 0.2) is 59.7 Å². The second kappa shape index (κ2) is 9.69. The van der Waals surface area contributed by atoms with Gasteiger partial charge in [0.05, 0.1) is 14.2 Å². The molecule has 1 aromatic heterocycles. The molecule has 28 heavy (non-hydrogen) atoms. The zero-order valence-electron chi connectivity index (χ0n) is 16.7. The SMILES string of the molecule is CN=C(NCCCn1ccc2ccccc21)NCc1ccc(OC)c(OC)c1. The third-order valence-electron chi connectivity index (χ3n) is 4.68. The van der Waals surface area contributed by atoms with Crippen molar-refractivity contribution in [2.45, 2.75) is 19.5 Å². The monoisotopic (exact) mass is 380 g/mol. The van der Waals surface area contributed by atoms with E-state index in [2.05, 4.69) is 56.7 Å². The molecule has 0 radical (unpaired) electrons. The fourth-order valence-corrected chi connectivity index (χ4v) is 3.19. The van der Waals surface area contributed by atoms with E-state index in [9.17, 15) is 0 Å². The van der Waals surface area contributed by atoms with Gasteiger partial charge < -0.3 is 24.7 Å². The minimum Gasteiger partial charge on any atom is -0.493 e. The highest BCUT2D eigenvalue weighted by Gasteiger charge is 2.05. The topological polar surface area (TPSA) is 59.8 Å². The van der Waals surface area contributed by atoms with E-state index in [0.29, 0.717) is 6.54 Å². The van der Waals surface area contributed by atoms with Gasteiger partial charge in [0.25, 0.3) is 0 Å². The van der Waals surface area contributed by atoms with Gasteiger partial charge in [0.15, 0.2) is 17.5 Å². The van der Waals surface area contributed by atoms with Gasteiger partial charge in [-0.1, -0.05) is 24.3 Å². The average molecular weight is 380 g/mol.